The molecule has 1 aromatic rings. The molecule has 1 fully saturated rings. The molecule has 2 rings (SSSR count). The van der Waals surface area contributed by atoms with Gasteiger partial charge in [0.2, 0.25) is 10.0 Å². The quantitative estimate of drug-likeness (QED) is 0.806. The van der Waals surface area contributed by atoms with Crippen molar-refractivity contribution < 1.29 is 12.8 Å². The molecule has 0 amide bonds. The van der Waals surface area contributed by atoms with E-state index in [4.69, 9.17) is 0 Å². The van der Waals surface area contributed by atoms with Gasteiger partial charge in [-0.25, -0.2) is 17.5 Å². The smallest absolute Gasteiger partial charge is 0.211 e. The van der Waals surface area contributed by atoms with Crippen LogP contribution in [0.4, 0.5) is 4.39 Å². The van der Waals surface area contributed by atoms with Gasteiger partial charge in [0.05, 0.1) is 5.75 Å². The summed E-state index contributed by atoms with van der Waals surface area (Å²) >= 11 is 0. The number of benzene rings is 1. The molecule has 1 saturated heterocycles. The van der Waals surface area contributed by atoms with Crippen molar-refractivity contribution in [3.63, 3.8) is 0 Å². The molecule has 1 atom stereocenters. The van der Waals surface area contributed by atoms with Gasteiger partial charge in [0.25, 0.3) is 0 Å². The molecule has 0 radical (unpaired) electrons. The first kappa shape index (κ1) is 19.3. The molecule has 1 unspecified atom stereocenters. The molecule has 0 spiro atoms. The molecule has 22 heavy (non-hydrogen) atoms. The lowest BCUT2D eigenvalue weighted by Crippen LogP contribution is -2.48. The highest BCUT2D eigenvalue weighted by molar-refractivity contribution is 7.89. The fourth-order valence-corrected chi connectivity index (χ4v) is 3.11. The van der Waals surface area contributed by atoms with Crippen LogP contribution in [0.25, 0.3) is 0 Å². The van der Waals surface area contributed by atoms with E-state index in [2.05, 4.69) is 14.9 Å². The standard InChI is InChI=1S/C14H22FN3O2S.ClH/c1-2-21(19,20)17-7-9-18-8-6-16-11-14(18)12-4-3-5-13(15)10-12;/h3-5,10,14,16-17H,2,6-9,11H2,1H3;1H. The Hall–Kier alpha value is -0.730. The van der Waals surface area contributed by atoms with E-state index in [1.807, 2.05) is 6.07 Å². The van der Waals surface area contributed by atoms with E-state index in [1.165, 1.54) is 6.07 Å². The lowest BCUT2D eigenvalue weighted by atomic mass is 10.0. The van der Waals surface area contributed by atoms with Crippen molar-refractivity contribution in [3.8, 4) is 0 Å². The number of halogens is 2. The Morgan fingerprint density at radius 2 is 2.23 bits per heavy atom. The summed E-state index contributed by atoms with van der Waals surface area (Å²) in [4.78, 5) is 2.18. The van der Waals surface area contributed by atoms with Crippen molar-refractivity contribution >= 4 is 22.4 Å². The summed E-state index contributed by atoms with van der Waals surface area (Å²) in [7, 11) is -3.16. The monoisotopic (exact) mass is 351 g/mol. The van der Waals surface area contributed by atoms with E-state index in [1.54, 1.807) is 19.1 Å². The molecule has 2 N–H and O–H groups in total. The minimum Gasteiger partial charge on any atom is -0.314 e. The Bertz CT molecular complexity index is 571. The number of nitrogens with zero attached hydrogens (tertiary/aromatic N) is 1. The Kier molecular flexibility index (Phi) is 7.71. The predicted molar refractivity (Wildman–Crippen MR) is 88.3 cm³/mol. The second-order valence-electron chi connectivity index (χ2n) is 5.11. The van der Waals surface area contributed by atoms with E-state index in [0.717, 1.165) is 25.2 Å². The molecular formula is C14H23ClFN3O2S. The summed E-state index contributed by atoms with van der Waals surface area (Å²) in [5.41, 5.74) is 0.917. The Balaban J connectivity index is 0.00000242. The lowest BCUT2D eigenvalue weighted by Gasteiger charge is -2.36. The third kappa shape index (κ3) is 5.48. The van der Waals surface area contributed by atoms with Gasteiger partial charge in [-0.15, -0.1) is 12.4 Å². The van der Waals surface area contributed by atoms with Crippen LogP contribution in [0.1, 0.15) is 18.5 Å². The minimum atomic E-state index is -3.16. The van der Waals surface area contributed by atoms with Gasteiger partial charge in [-0.05, 0) is 24.6 Å². The number of sulfonamides is 1. The first-order valence-corrected chi connectivity index (χ1v) is 8.84. The van der Waals surface area contributed by atoms with Crippen LogP contribution in [0, 0.1) is 5.82 Å². The van der Waals surface area contributed by atoms with Gasteiger partial charge in [-0.2, -0.15) is 0 Å². The van der Waals surface area contributed by atoms with Crippen LogP contribution in [0.15, 0.2) is 24.3 Å². The number of rotatable bonds is 6. The number of nitrogens with one attached hydrogen (secondary N) is 2. The van der Waals surface area contributed by atoms with Crippen molar-refractivity contribution in [2.24, 2.45) is 0 Å². The molecule has 0 saturated carbocycles. The minimum absolute atomic E-state index is 0. The Labute approximate surface area is 137 Å². The summed E-state index contributed by atoms with van der Waals surface area (Å²) in [6.07, 6.45) is 0. The van der Waals surface area contributed by atoms with Crippen LogP contribution < -0.4 is 10.0 Å². The SMILES string of the molecule is CCS(=O)(=O)NCCN1CCNCC1c1cccc(F)c1.Cl. The maximum atomic E-state index is 13.4. The average molecular weight is 352 g/mol. The van der Waals surface area contributed by atoms with E-state index in [9.17, 15) is 12.8 Å². The van der Waals surface area contributed by atoms with Crippen LogP contribution in [0.3, 0.4) is 0 Å². The highest BCUT2D eigenvalue weighted by Gasteiger charge is 2.23. The second-order valence-corrected chi connectivity index (χ2v) is 7.20. The summed E-state index contributed by atoms with van der Waals surface area (Å²) in [6.45, 7) is 5.01. The molecule has 1 heterocycles. The van der Waals surface area contributed by atoms with E-state index in [0.29, 0.717) is 13.1 Å². The zero-order chi connectivity index (χ0) is 15.3. The summed E-state index contributed by atoms with van der Waals surface area (Å²) in [5, 5.41) is 3.30. The van der Waals surface area contributed by atoms with Gasteiger partial charge in [0, 0.05) is 38.8 Å². The highest BCUT2D eigenvalue weighted by Crippen LogP contribution is 2.22. The van der Waals surface area contributed by atoms with Gasteiger partial charge in [-0.3, -0.25) is 4.90 Å². The molecule has 1 aliphatic heterocycles. The topological polar surface area (TPSA) is 61.4 Å². The lowest BCUT2D eigenvalue weighted by molar-refractivity contribution is 0.165. The van der Waals surface area contributed by atoms with Gasteiger partial charge in [-0.1, -0.05) is 12.1 Å². The number of piperazine rings is 1. The maximum Gasteiger partial charge on any atom is 0.211 e. The van der Waals surface area contributed by atoms with Gasteiger partial charge in [0.1, 0.15) is 5.82 Å². The van der Waals surface area contributed by atoms with Crippen LogP contribution in [-0.2, 0) is 10.0 Å². The zero-order valence-electron chi connectivity index (χ0n) is 12.6. The molecule has 1 aliphatic rings. The molecule has 8 heteroatoms. The molecule has 126 valence electrons. The number of hydrogen-bond donors (Lipinski definition) is 2. The average Bonchev–Trinajstić information content (AvgIpc) is 2.47. The molecule has 0 aromatic heterocycles. The second kappa shape index (κ2) is 8.79. The van der Waals surface area contributed by atoms with Gasteiger partial charge in [0.15, 0.2) is 0 Å². The van der Waals surface area contributed by atoms with Crippen LogP contribution in [-0.4, -0.2) is 51.8 Å². The van der Waals surface area contributed by atoms with Crippen molar-refractivity contribution in [2.75, 3.05) is 38.5 Å². The largest absolute Gasteiger partial charge is 0.314 e. The first-order valence-electron chi connectivity index (χ1n) is 7.19. The fraction of sp³-hybridized carbons (Fsp3) is 0.571. The molecular weight excluding hydrogens is 329 g/mol. The van der Waals surface area contributed by atoms with E-state index in [-0.39, 0.29) is 30.0 Å². The Morgan fingerprint density at radius 1 is 1.45 bits per heavy atom. The fourth-order valence-electron chi connectivity index (χ4n) is 2.50. The third-order valence-corrected chi connectivity index (χ3v) is 5.09. The highest BCUT2D eigenvalue weighted by atomic mass is 35.5. The maximum absolute atomic E-state index is 13.4. The third-order valence-electron chi connectivity index (χ3n) is 3.69. The van der Waals surface area contributed by atoms with E-state index >= 15 is 0 Å². The van der Waals surface area contributed by atoms with Crippen LogP contribution >= 0.6 is 12.4 Å². The zero-order valence-corrected chi connectivity index (χ0v) is 14.2. The van der Waals surface area contributed by atoms with Crippen molar-refractivity contribution in [2.45, 2.75) is 13.0 Å². The summed E-state index contributed by atoms with van der Waals surface area (Å²) in [6, 6.07) is 6.65. The summed E-state index contributed by atoms with van der Waals surface area (Å²) in [5.74, 6) is -0.160. The van der Waals surface area contributed by atoms with Crippen molar-refractivity contribution in [3.05, 3.63) is 35.6 Å². The van der Waals surface area contributed by atoms with Crippen molar-refractivity contribution in [1.82, 2.24) is 14.9 Å². The van der Waals surface area contributed by atoms with Gasteiger partial charge >= 0.3 is 0 Å². The molecule has 0 bridgehead atoms. The van der Waals surface area contributed by atoms with Crippen molar-refractivity contribution in [1.29, 1.82) is 0 Å². The first-order chi connectivity index (χ1) is 10.0. The van der Waals surface area contributed by atoms with Crippen LogP contribution in [0.2, 0.25) is 0 Å². The van der Waals surface area contributed by atoms with Crippen LogP contribution in [0.5, 0.6) is 0 Å². The molecule has 0 aliphatic carbocycles. The molecule has 5 nitrogen and oxygen atoms in total. The van der Waals surface area contributed by atoms with Gasteiger partial charge < -0.3 is 5.32 Å². The Morgan fingerprint density at radius 3 is 2.91 bits per heavy atom. The number of hydrogen-bond acceptors (Lipinski definition) is 4. The van der Waals surface area contributed by atoms with E-state index < -0.39 is 10.0 Å². The summed E-state index contributed by atoms with van der Waals surface area (Å²) < 4.78 is 38.8. The predicted octanol–water partition coefficient (Wildman–Crippen LogP) is 1.13. The molecule has 1 aromatic carbocycles. The normalized spacial score (nSPS) is 19.6.